The van der Waals surface area contributed by atoms with Crippen molar-refractivity contribution in [2.45, 2.75) is 6.18 Å². The first kappa shape index (κ1) is 10.6. The molecule has 0 aromatic rings. The van der Waals surface area contributed by atoms with Crippen LogP contribution in [-0.4, -0.2) is 24.2 Å². The summed E-state index contributed by atoms with van der Waals surface area (Å²) < 4.78 is 49.1. The van der Waals surface area contributed by atoms with E-state index < -0.39 is 17.6 Å². The van der Waals surface area contributed by atoms with Crippen molar-refractivity contribution in [3.8, 4) is 6.07 Å². The van der Waals surface area contributed by atoms with Crippen LogP contribution in [0.1, 0.15) is 0 Å². The summed E-state index contributed by atoms with van der Waals surface area (Å²) >= 11 is 0. The largest absolute Gasteiger partial charge is 0.417 e. The van der Waals surface area contributed by atoms with Crippen LogP contribution in [0, 0.1) is 11.3 Å². The summed E-state index contributed by atoms with van der Waals surface area (Å²) in [5.41, 5.74) is -1.07. The fraction of sp³-hybridized carbons (Fsp3) is 0.375. The van der Waals surface area contributed by atoms with Crippen molar-refractivity contribution in [1.82, 2.24) is 4.90 Å². The van der Waals surface area contributed by atoms with Gasteiger partial charge in [-0.1, -0.05) is 0 Å². The van der Waals surface area contributed by atoms with E-state index in [1.54, 1.807) is 6.07 Å². The average molecular weight is 206 g/mol. The van der Waals surface area contributed by atoms with E-state index >= 15 is 0 Å². The zero-order valence-electron chi connectivity index (χ0n) is 6.98. The van der Waals surface area contributed by atoms with Crippen LogP contribution in [0.3, 0.4) is 0 Å². The van der Waals surface area contributed by atoms with Gasteiger partial charge in [-0.15, -0.1) is 0 Å². The summed E-state index contributed by atoms with van der Waals surface area (Å²) in [6, 6.07) is 1.65. The maximum absolute atomic E-state index is 12.7. The molecule has 6 heteroatoms. The van der Waals surface area contributed by atoms with Crippen LogP contribution < -0.4 is 0 Å². The zero-order chi connectivity index (χ0) is 10.8. The van der Waals surface area contributed by atoms with Crippen LogP contribution in [-0.2, 0) is 0 Å². The average Bonchev–Trinajstić information content (AvgIpc) is 2.02. The first-order valence-corrected chi connectivity index (χ1v) is 3.69. The quantitative estimate of drug-likeness (QED) is 0.485. The number of hydrogen-bond donors (Lipinski definition) is 0. The second kappa shape index (κ2) is 3.70. The fourth-order valence-corrected chi connectivity index (χ4v) is 1.04. The third-order valence-electron chi connectivity index (χ3n) is 1.59. The Bertz CT molecular complexity index is 321. The van der Waals surface area contributed by atoms with Gasteiger partial charge in [-0.3, -0.25) is 0 Å². The van der Waals surface area contributed by atoms with Crippen molar-refractivity contribution in [3.05, 3.63) is 23.7 Å². The van der Waals surface area contributed by atoms with Gasteiger partial charge in [-0.05, 0) is 6.08 Å². The first-order chi connectivity index (χ1) is 6.43. The molecule has 0 spiro atoms. The van der Waals surface area contributed by atoms with E-state index in [2.05, 4.69) is 0 Å². The van der Waals surface area contributed by atoms with Gasteiger partial charge in [0.25, 0.3) is 0 Å². The van der Waals surface area contributed by atoms with Crippen molar-refractivity contribution in [2.75, 3.05) is 13.1 Å². The number of halogens is 4. The summed E-state index contributed by atoms with van der Waals surface area (Å²) in [5, 5.41) is 8.25. The topological polar surface area (TPSA) is 27.0 Å². The lowest BCUT2D eigenvalue weighted by atomic mass is 10.2. The fourth-order valence-electron chi connectivity index (χ4n) is 1.04. The molecule has 0 aromatic carbocycles. The second-order valence-electron chi connectivity index (χ2n) is 2.74. The molecule has 0 amide bonds. The number of rotatable bonds is 1. The Morgan fingerprint density at radius 1 is 1.50 bits per heavy atom. The molecule has 0 N–H and O–H groups in total. The molecule has 1 aliphatic heterocycles. The predicted octanol–water partition coefficient (Wildman–Crippen LogP) is 2.13. The Balaban J connectivity index is 2.89. The summed E-state index contributed by atoms with van der Waals surface area (Å²) in [6.45, 7) is -0.548. The van der Waals surface area contributed by atoms with Gasteiger partial charge < -0.3 is 4.90 Å². The maximum atomic E-state index is 12.7. The number of allylic oxidation sites excluding steroid dienone is 2. The molecule has 0 fully saturated rings. The summed E-state index contributed by atoms with van der Waals surface area (Å²) in [7, 11) is 0. The first-order valence-electron chi connectivity index (χ1n) is 3.69. The van der Waals surface area contributed by atoms with Gasteiger partial charge in [0.05, 0.1) is 18.2 Å². The van der Waals surface area contributed by atoms with Crippen LogP contribution in [0.15, 0.2) is 23.7 Å². The molecule has 0 aromatic heterocycles. The molecule has 0 radical (unpaired) electrons. The van der Waals surface area contributed by atoms with Gasteiger partial charge in [0.2, 0.25) is 0 Å². The molecule has 0 aliphatic carbocycles. The van der Waals surface area contributed by atoms with E-state index in [0.29, 0.717) is 6.08 Å². The minimum absolute atomic E-state index is 0.263. The molecule has 1 aliphatic rings. The highest BCUT2D eigenvalue weighted by molar-refractivity contribution is 5.29. The summed E-state index contributed by atoms with van der Waals surface area (Å²) in [4.78, 5) is 0.970. The third-order valence-corrected chi connectivity index (χ3v) is 1.59. The lowest BCUT2D eigenvalue weighted by molar-refractivity contribution is -0.0898. The maximum Gasteiger partial charge on any atom is 0.417 e. The highest BCUT2D eigenvalue weighted by Gasteiger charge is 2.34. The van der Waals surface area contributed by atoms with E-state index in [0.717, 1.165) is 11.1 Å². The van der Waals surface area contributed by atoms with E-state index in [1.165, 1.54) is 0 Å². The Labute approximate surface area is 77.7 Å². The van der Waals surface area contributed by atoms with Crippen LogP contribution in [0.2, 0.25) is 0 Å². The molecule has 0 saturated carbocycles. The van der Waals surface area contributed by atoms with Gasteiger partial charge in [0, 0.05) is 6.20 Å². The van der Waals surface area contributed by atoms with Crippen molar-refractivity contribution < 1.29 is 17.6 Å². The lowest BCUT2D eigenvalue weighted by Gasteiger charge is -2.22. The molecule has 2 nitrogen and oxygen atoms in total. The van der Waals surface area contributed by atoms with Gasteiger partial charge >= 0.3 is 6.18 Å². The highest BCUT2D eigenvalue weighted by atomic mass is 19.4. The smallest absolute Gasteiger partial charge is 0.357 e. The minimum Gasteiger partial charge on any atom is -0.357 e. The Morgan fingerprint density at radius 2 is 2.14 bits per heavy atom. The van der Waals surface area contributed by atoms with Gasteiger partial charge in [0.15, 0.2) is 0 Å². The molecule has 0 atom stereocenters. The molecule has 76 valence electrons. The molecule has 1 heterocycles. The Hall–Kier alpha value is -1.51. The zero-order valence-corrected chi connectivity index (χ0v) is 6.98. The van der Waals surface area contributed by atoms with Gasteiger partial charge in [-0.25, -0.2) is 4.39 Å². The standard InChI is InChI=1S/C8H6F4N2/c9-7-3-6(8(10,11)12)4-14(5-7)2-1-13/h3-4H,2,5H2. The third kappa shape index (κ3) is 2.49. The molecule has 0 bridgehead atoms. The number of alkyl halides is 3. The monoisotopic (exact) mass is 206 g/mol. The minimum atomic E-state index is -4.58. The predicted molar refractivity (Wildman–Crippen MR) is 40.5 cm³/mol. The number of nitriles is 1. The Kier molecular flexibility index (Phi) is 2.79. The van der Waals surface area contributed by atoms with E-state index in [9.17, 15) is 17.6 Å². The van der Waals surface area contributed by atoms with Crippen LogP contribution in [0.5, 0.6) is 0 Å². The second-order valence-corrected chi connectivity index (χ2v) is 2.74. The van der Waals surface area contributed by atoms with Crippen molar-refractivity contribution in [2.24, 2.45) is 0 Å². The molecule has 0 unspecified atom stereocenters. The molecule has 14 heavy (non-hydrogen) atoms. The van der Waals surface area contributed by atoms with Crippen LogP contribution in [0.4, 0.5) is 17.6 Å². The van der Waals surface area contributed by atoms with E-state index in [1.807, 2.05) is 0 Å². The number of nitrogens with zero attached hydrogens (tertiary/aromatic N) is 2. The number of hydrogen-bond acceptors (Lipinski definition) is 2. The normalized spacial score (nSPS) is 17.2. The highest BCUT2D eigenvalue weighted by Crippen LogP contribution is 2.30. The summed E-state index contributed by atoms with van der Waals surface area (Å²) in [5.74, 6) is -0.893. The van der Waals surface area contributed by atoms with Crippen LogP contribution >= 0.6 is 0 Å². The molecular formula is C8H6F4N2. The van der Waals surface area contributed by atoms with Crippen molar-refractivity contribution in [1.29, 1.82) is 5.26 Å². The van der Waals surface area contributed by atoms with E-state index in [-0.39, 0.29) is 13.1 Å². The van der Waals surface area contributed by atoms with Gasteiger partial charge in [0.1, 0.15) is 12.4 Å². The van der Waals surface area contributed by atoms with Crippen molar-refractivity contribution in [3.63, 3.8) is 0 Å². The van der Waals surface area contributed by atoms with Crippen LogP contribution in [0.25, 0.3) is 0 Å². The van der Waals surface area contributed by atoms with Gasteiger partial charge in [-0.2, -0.15) is 18.4 Å². The van der Waals surface area contributed by atoms with E-state index in [4.69, 9.17) is 5.26 Å². The van der Waals surface area contributed by atoms with Crippen molar-refractivity contribution >= 4 is 0 Å². The molecule has 1 rings (SSSR count). The molecule has 0 saturated heterocycles. The summed E-state index contributed by atoms with van der Waals surface area (Å²) in [6.07, 6.45) is -3.40. The Morgan fingerprint density at radius 3 is 2.64 bits per heavy atom. The molecular weight excluding hydrogens is 200 g/mol. The SMILES string of the molecule is N#CCN1C=C(C(F)(F)F)C=C(F)C1. The lowest BCUT2D eigenvalue weighted by Crippen LogP contribution is -2.26.